The SMILES string of the molecule is CC(NC(=O)NCCCn1cccn1)c1cccs1. The number of thiophene rings is 1. The van der Waals surface area contributed by atoms with Crippen LogP contribution >= 0.6 is 11.3 Å². The Kier molecular flexibility index (Phi) is 4.97. The van der Waals surface area contributed by atoms with Gasteiger partial charge in [0.25, 0.3) is 0 Å². The highest BCUT2D eigenvalue weighted by molar-refractivity contribution is 7.10. The average Bonchev–Trinajstić information content (AvgIpc) is 3.07. The van der Waals surface area contributed by atoms with Crippen LogP contribution in [-0.2, 0) is 6.54 Å². The Hall–Kier alpha value is -1.82. The number of urea groups is 1. The summed E-state index contributed by atoms with van der Waals surface area (Å²) in [7, 11) is 0. The standard InChI is InChI=1S/C13H18N4OS/c1-11(12-5-2-10-19-12)16-13(18)14-6-3-8-17-9-4-7-15-17/h2,4-5,7,9-11H,3,6,8H2,1H3,(H2,14,16,18). The quantitative estimate of drug-likeness (QED) is 0.797. The topological polar surface area (TPSA) is 59.0 Å². The first-order chi connectivity index (χ1) is 9.25. The third-order valence-electron chi connectivity index (χ3n) is 2.73. The van der Waals surface area contributed by atoms with E-state index in [1.807, 2.05) is 41.4 Å². The van der Waals surface area contributed by atoms with Crippen molar-refractivity contribution >= 4 is 17.4 Å². The molecule has 0 aliphatic rings. The van der Waals surface area contributed by atoms with Gasteiger partial charge < -0.3 is 10.6 Å². The van der Waals surface area contributed by atoms with E-state index in [1.165, 1.54) is 0 Å². The molecule has 0 saturated heterocycles. The maximum Gasteiger partial charge on any atom is 0.315 e. The summed E-state index contributed by atoms with van der Waals surface area (Å²) in [4.78, 5) is 12.8. The normalized spacial score (nSPS) is 12.1. The van der Waals surface area contributed by atoms with Gasteiger partial charge >= 0.3 is 6.03 Å². The van der Waals surface area contributed by atoms with Crippen molar-refractivity contribution in [2.45, 2.75) is 25.9 Å². The van der Waals surface area contributed by atoms with Gasteiger partial charge in [-0.15, -0.1) is 11.3 Å². The van der Waals surface area contributed by atoms with E-state index in [0.29, 0.717) is 6.54 Å². The molecule has 0 saturated carbocycles. The Balaban J connectivity index is 1.62. The smallest absolute Gasteiger partial charge is 0.315 e. The highest BCUT2D eigenvalue weighted by Gasteiger charge is 2.09. The van der Waals surface area contributed by atoms with E-state index < -0.39 is 0 Å². The number of carbonyl (C=O) groups excluding carboxylic acids is 1. The molecule has 102 valence electrons. The Bertz CT molecular complexity index is 481. The predicted molar refractivity (Wildman–Crippen MR) is 76.1 cm³/mol. The van der Waals surface area contributed by atoms with Crippen molar-refractivity contribution in [1.82, 2.24) is 20.4 Å². The summed E-state index contributed by atoms with van der Waals surface area (Å²) in [6, 6.07) is 5.82. The number of nitrogens with zero attached hydrogens (tertiary/aromatic N) is 2. The molecule has 2 rings (SSSR count). The summed E-state index contributed by atoms with van der Waals surface area (Å²) in [5.41, 5.74) is 0. The highest BCUT2D eigenvalue weighted by Crippen LogP contribution is 2.17. The van der Waals surface area contributed by atoms with Crippen molar-refractivity contribution < 1.29 is 4.79 Å². The zero-order chi connectivity index (χ0) is 13.5. The van der Waals surface area contributed by atoms with E-state index in [-0.39, 0.29) is 12.1 Å². The molecule has 1 unspecified atom stereocenters. The largest absolute Gasteiger partial charge is 0.338 e. The molecule has 2 amide bonds. The van der Waals surface area contributed by atoms with Crippen LogP contribution in [0.2, 0.25) is 0 Å². The molecule has 2 N–H and O–H groups in total. The molecule has 0 fully saturated rings. The first-order valence-electron chi connectivity index (χ1n) is 6.31. The number of amides is 2. The summed E-state index contributed by atoms with van der Waals surface area (Å²) in [6.45, 7) is 3.44. The molecule has 0 aliphatic carbocycles. The van der Waals surface area contributed by atoms with Gasteiger partial charge in [-0.2, -0.15) is 5.10 Å². The number of rotatable bonds is 6. The molecular formula is C13H18N4OS. The second kappa shape index (κ2) is 6.94. The lowest BCUT2D eigenvalue weighted by atomic mass is 10.3. The van der Waals surface area contributed by atoms with E-state index in [1.54, 1.807) is 17.5 Å². The fourth-order valence-corrected chi connectivity index (χ4v) is 2.47. The minimum Gasteiger partial charge on any atom is -0.338 e. The third-order valence-corrected chi connectivity index (χ3v) is 3.78. The van der Waals surface area contributed by atoms with E-state index in [0.717, 1.165) is 17.8 Å². The van der Waals surface area contributed by atoms with Gasteiger partial charge in [0, 0.05) is 30.4 Å². The summed E-state index contributed by atoms with van der Waals surface area (Å²) >= 11 is 1.65. The zero-order valence-electron chi connectivity index (χ0n) is 10.9. The summed E-state index contributed by atoms with van der Waals surface area (Å²) in [5.74, 6) is 0. The van der Waals surface area contributed by atoms with Crippen LogP contribution in [0, 0.1) is 0 Å². The average molecular weight is 278 g/mol. The second-order valence-corrected chi connectivity index (χ2v) is 5.24. The molecule has 2 aromatic rings. The fraction of sp³-hybridized carbons (Fsp3) is 0.385. The second-order valence-electron chi connectivity index (χ2n) is 4.26. The van der Waals surface area contributed by atoms with Crippen LogP contribution in [0.5, 0.6) is 0 Å². The molecule has 2 aromatic heterocycles. The van der Waals surface area contributed by atoms with Crippen LogP contribution < -0.4 is 10.6 Å². The van der Waals surface area contributed by atoms with Gasteiger partial charge in [-0.05, 0) is 30.9 Å². The predicted octanol–water partition coefficient (Wildman–Crippen LogP) is 2.40. The maximum absolute atomic E-state index is 11.7. The molecule has 1 atom stereocenters. The van der Waals surface area contributed by atoms with Crippen LogP contribution in [0.15, 0.2) is 36.0 Å². The molecule has 0 bridgehead atoms. The fourth-order valence-electron chi connectivity index (χ4n) is 1.73. The molecule has 0 aromatic carbocycles. The van der Waals surface area contributed by atoms with E-state index in [2.05, 4.69) is 15.7 Å². The molecule has 19 heavy (non-hydrogen) atoms. The number of aromatic nitrogens is 2. The molecule has 6 heteroatoms. The van der Waals surface area contributed by atoms with Gasteiger partial charge in [-0.25, -0.2) is 4.79 Å². The van der Waals surface area contributed by atoms with Crippen LogP contribution in [0.4, 0.5) is 4.79 Å². The van der Waals surface area contributed by atoms with Crippen LogP contribution in [-0.4, -0.2) is 22.4 Å². The van der Waals surface area contributed by atoms with Crippen molar-refractivity contribution in [2.75, 3.05) is 6.54 Å². The van der Waals surface area contributed by atoms with Gasteiger partial charge in [-0.1, -0.05) is 6.07 Å². The van der Waals surface area contributed by atoms with E-state index >= 15 is 0 Å². The minimum atomic E-state index is -0.124. The van der Waals surface area contributed by atoms with Gasteiger partial charge in [0.15, 0.2) is 0 Å². The Labute approximate surface area is 116 Å². The maximum atomic E-state index is 11.7. The Morgan fingerprint density at radius 1 is 1.53 bits per heavy atom. The van der Waals surface area contributed by atoms with Crippen molar-refractivity contribution in [2.24, 2.45) is 0 Å². The number of nitrogens with one attached hydrogen (secondary N) is 2. The third kappa shape index (κ3) is 4.40. The summed E-state index contributed by atoms with van der Waals surface area (Å²) in [6.07, 6.45) is 4.53. The summed E-state index contributed by atoms with van der Waals surface area (Å²) < 4.78 is 1.86. The van der Waals surface area contributed by atoms with E-state index in [9.17, 15) is 4.79 Å². The lowest BCUT2D eigenvalue weighted by Gasteiger charge is -2.13. The molecule has 0 radical (unpaired) electrons. The molecule has 0 spiro atoms. The molecule has 0 aliphatic heterocycles. The Morgan fingerprint density at radius 3 is 3.11 bits per heavy atom. The van der Waals surface area contributed by atoms with Crippen molar-refractivity contribution in [3.05, 3.63) is 40.8 Å². The number of carbonyl (C=O) groups is 1. The van der Waals surface area contributed by atoms with Gasteiger partial charge in [-0.3, -0.25) is 4.68 Å². The lowest BCUT2D eigenvalue weighted by molar-refractivity contribution is 0.237. The monoisotopic (exact) mass is 278 g/mol. The van der Waals surface area contributed by atoms with Crippen molar-refractivity contribution in [3.63, 3.8) is 0 Å². The van der Waals surface area contributed by atoms with Crippen molar-refractivity contribution in [1.29, 1.82) is 0 Å². The lowest BCUT2D eigenvalue weighted by Crippen LogP contribution is -2.37. The van der Waals surface area contributed by atoms with Gasteiger partial charge in [0.1, 0.15) is 0 Å². The molecule has 5 nitrogen and oxygen atoms in total. The van der Waals surface area contributed by atoms with Crippen molar-refractivity contribution in [3.8, 4) is 0 Å². The summed E-state index contributed by atoms with van der Waals surface area (Å²) in [5, 5.41) is 11.9. The minimum absolute atomic E-state index is 0.0473. The number of aryl methyl sites for hydroxylation is 1. The van der Waals surface area contributed by atoms with E-state index in [4.69, 9.17) is 0 Å². The van der Waals surface area contributed by atoms with Crippen LogP contribution in [0.3, 0.4) is 0 Å². The van der Waals surface area contributed by atoms with Gasteiger partial charge in [0.05, 0.1) is 6.04 Å². The van der Waals surface area contributed by atoms with Gasteiger partial charge in [0.2, 0.25) is 0 Å². The highest BCUT2D eigenvalue weighted by atomic mass is 32.1. The van der Waals surface area contributed by atoms with Crippen LogP contribution in [0.25, 0.3) is 0 Å². The Morgan fingerprint density at radius 2 is 2.42 bits per heavy atom. The number of hydrogen-bond acceptors (Lipinski definition) is 3. The first kappa shape index (κ1) is 13.6. The first-order valence-corrected chi connectivity index (χ1v) is 7.19. The number of hydrogen-bond donors (Lipinski definition) is 2. The molecule has 2 heterocycles. The van der Waals surface area contributed by atoms with Crippen LogP contribution in [0.1, 0.15) is 24.3 Å². The zero-order valence-corrected chi connectivity index (χ0v) is 11.7. The molecular weight excluding hydrogens is 260 g/mol.